The first-order valence-corrected chi connectivity index (χ1v) is 24.1. The quantitative estimate of drug-likeness (QED) is 0.0571. The lowest BCUT2D eigenvalue weighted by atomic mass is 9.76. The summed E-state index contributed by atoms with van der Waals surface area (Å²) < 4.78 is 59.8. The third-order valence-electron chi connectivity index (χ3n) is 11.3. The van der Waals surface area contributed by atoms with Crippen molar-refractivity contribution in [2.75, 3.05) is 25.0 Å². The molecular weight excluding hydrogens is 891 g/mol. The summed E-state index contributed by atoms with van der Waals surface area (Å²) in [6.45, 7) is -0.0362. The van der Waals surface area contributed by atoms with Crippen LogP contribution in [0.15, 0.2) is 180 Å². The van der Waals surface area contributed by atoms with Gasteiger partial charge < -0.3 is 21.5 Å². The van der Waals surface area contributed by atoms with Crippen LogP contribution in [-0.4, -0.2) is 78.8 Å². The molecule has 1 amide bonds. The zero-order valence-corrected chi connectivity index (χ0v) is 37.8. The fourth-order valence-corrected chi connectivity index (χ4v) is 10.3. The maximum absolute atomic E-state index is 13.5. The SMILES string of the molecule is Cn1nc(CNc2nccn2C(c2ccccc2)(c2ccccc2)c2ccccc2)c2ccc(C(=O)NC[C@H](NS(=O)(=O)c3ccc(-c4ccc(S(=O)(=O)NCCN)cc4)cc3)C(=O)O)cc21. The number of nitrogens with one attached hydrogen (secondary N) is 4. The topological polar surface area (TPSA) is 232 Å². The summed E-state index contributed by atoms with van der Waals surface area (Å²) in [5.41, 5.74) is 10.5. The lowest BCUT2D eigenvalue weighted by molar-refractivity contribution is -0.138. The molecule has 342 valence electrons. The van der Waals surface area contributed by atoms with Crippen molar-refractivity contribution in [2.45, 2.75) is 27.9 Å². The van der Waals surface area contributed by atoms with E-state index < -0.39 is 50.0 Å². The van der Waals surface area contributed by atoms with Crippen LogP contribution in [0.3, 0.4) is 0 Å². The van der Waals surface area contributed by atoms with E-state index in [-0.39, 0.29) is 35.0 Å². The van der Waals surface area contributed by atoms with Crippen molar-refractivity contribution in [1.29, 1.82) is 0 Å². The van der Waals surface area contributed by atoms with Gasteiger partial charge in [-0.15, -0.1) is 0 Å². The fraction of sp³-hybridized carbons (Fsp3) is 0.143. The van der Waals surface area contributed by atoms with Crippen LogP contribution in [0.4, 0.5) is 5.95 Å². The van der Waals surface area contributed by atoms with Crippen molar-refractivity contribution in [3.05, 3.63) is 198 Å². The van der Waals surface area contributed by atoms with Crippen LogP contribution in [0.2, 0.25) is 0 Å². The molecule has 0 aliphatic rings. The summed E-state index contributed by atoms with van der Waals surface area (Å²) in [6.07, 6.45) is 3.72. The molecule has 2 aromatic heterocycles. The summed E-state index contributed by atoms with van der Waals surface area (Å²) in [5.74, 6) is -1.51. The van der Waals surface area contributed by atoms with Gasteiger partial charge in [0.2, 0.25) is 26.0 Å². The third-order valence-corrected chi connectivity index (χ3v) is 14.3. The first-order valence-electron chi connectivity index (χ1n) is 21.2. The van der Waals surface area contributed by atoms with Crippen LogP contribution in [-0.2, 0) is 44.0 Å². The number of hydrogen-bond donors (Lipinski definition) is 6. The summed E-state index contributed by atoms with van der Waals surface area (Å²) >= 11 is 0. The second kappa shape index (κ2) is 19.5. The minimum Gasteiger partial charge on any atom is -0.480 e. The number of rotatable bonds is 19. The highest BCUT2D eigenvalue weighted by molar-refractivity contribution is 7.89. The number of hydrogen-bond acceptors (Lipinski definition) is 10. The maximum atomic E-state index is 13.5. The standard InChI is InChI=1S/C49H47N9O7S2/c1-57-45-31-36(46(59)52-33-44(47(60)61)56-67(64,65)41-24-19-35(20-25-41)34-17-22-40(23-18-34)66(62,63)54-28-27-50)21-26-42(45)43(55-57)32-53-48-51-29-30-58(48)49(37-11-5-2-6-12-37,38-13-7-3-8-14-38)39-15-9-4-10-16-39/h2-26,29-31,44,54,56H,27-28,32-33,50H2,1H3,(H,51,53)(H,52,59)(H,60,61)/t44-/m0/s1. The second-order valence-electron chi connectivity index (χ2n) is 15.5. The van der Waals surface area contributed by atoms with Crippen molar-refractivity contribution in [3.63, 3.8) is 0 Å². The minimum atomic E-state index is -4.36. The van der Waals surface area contributed by atoms with E-state index in [1.54, 1.807) is 48.3 Å². The zero-order valence-electron chi connectivity index (χ0n) is 36.2. The summed E-state index contributed by atoms with van der Waals surface area (Å²) in [7, 11) is -6.34. The number of nitrogens with two attached hydrogens (primary N) is 1. The molecule has 7 N–H and O–H groups in total. The second-order valence-corrected chi connectivity index (χ2v) is 19.0. The van der Waals surface area contributed by atoms with E-state index in [2.05, 4.69) is 61.0 Å². The van der Waals surface area contributed by atoms with Gasteiger partial charge in [0.25, 0.3) is 5.91 Å². The number of carboxylic acid groups (broad SMARTS) is 1. The predicted molar refractivity (Wildman–Crippen MR) is 255 cm³/mol. The normalized spacial score (nSPS) is 12.4. The molecule has 6 aromatic carbocycles. The highest BCUT2D eigenvalue weighted by Gasteiger charge is 2.40. The Labute approximate surface area is 387 Å². The molecule has 0 fully saturated rings. The summed E-state index contributed by atoms with van der Waals surface area (Å²) in [5, 5.41) is 21.6. The molecule has 0 radical (unpaired) electrons. The van der Waals surface area contributed by atoms with Gasteiger partial charge in [0, 0.05) is 50.0 Å². The molecule has 0 bridgehead atoms. The van der Waals surface area contributed by atoms with Crippen molar-refractivity contribution < 1.29 is 31.5 Å². The van der Waals surface area contributed by atoms with Crippen molar-refractivity contribution >= 4 is 48.8 Å². The number of carboxylic acids is 1. The Hall–Kier alpha value is -7.48. The average molecular weight is 938 g/mol. The predicted octanol–water partition coefficient (Wildman–Crippen LogP) is 5.29. The van der Waals surface area contributed by atoms with Crippen molar-refractivity contribution in [3.8, 4) is 11.1 Å². The van der Waals surface area contributed by atoms with E-state index in [9.17, 15) is 31.5 Å². The zero-order chi connectivity index (χ0) is 47.2. The third kappa shape index (κ3) is 9.60. The Morgan fingerprint density at radius 2 is 1.27 bits per heavy atom. The number of sulfonamides is 2. The van der Waals surface area contributed by atoms with Gasteiger partial charge in [0.15, 0.2) is 0 Å². The van der Waals surface area contributed by atoms with E-state index in [1.165, 1.54) is 36.4 Å². The number of nitrogens with zero attached hydrogens (tertiary/aromatic N) is 4. The summed E-state index contributed by atoms with van der Waals surface area (Å²) in [4.78, 5) is 30.3. The van der Waals surface area contributed by atoms with Gasteiger partial charge in [-0.25, -0.2) is 26.5 Å². The Balaban J connectivity index is 0.954. The number of aliphatic carboxylic acids is 1. The van der Waals surface area contributed by atoms with Crippen LogP contribution < -0.4 is 25.8 Å². The molecule has 0 spiro atoms. The molecule has 16 nitrogen and oxygen atoms in total. The highest BCUT2D eigenvalue weighted by atomic mass is 32.2. The number of aromatic nitrogens is 4. The monoisotopic (exact) mass is 937 g/mol. The van der Waals surface area contributed by atoms with E-state index in [0.29, 0.717) is 28.3 Å². The minimum absolute atomic E-state index is 0.0467. The number of aryl methyl sites for hydroxylation is 1. The first-order chi connectivity index (χ1) is 32.3. The Morgan fingerprint density at radius 1 is 0.731 bits per heavy atom. The van der Waals surface area contributed by atoms with Gasteiger partial charge in [-0.1, -0.05) is 121 Å². The average Bonchev–Trinajstić information content (AvgIpc) is 3.96. The number of fused-ring (bicyclic) bond motifs is 1. The molecule has 8 rings (SSSR count). The van der Waals surface area contributed by atoms with Gasteiger partial charge in [-0.2, -0.15) is 9.82 Å². The number of anilines is 1. The molecule has 0 saturated carbocycles. The lowest BCUT2D eigenvalue weighted by Gasteiger charge is -2.38. The maximum Gasteiger partial charge on any atom is 0.323 e. The Kier molecular flexibility index (Phi) is 13.4. The van der Waals surface area contributed by atoms with E-state index in [4.69, 9.17) is 15.8 Å². The number of benzene rings is 6. The van der Waals surface area contributed by atoms with Crippen LogP contribution >= 0.6 is 0 Å². The van der Waals surface area contributed by atoms with Crippen molar-refractivity contribution in [1.82, 2.24) is 34.1 Å². The molecule has 67 heavy (non-hydrogen) atoms. The number of carbonyl (C=O) groups is 2. The van der Waals surface area contributed by atoms with Gasteiger partial charge >= 0.3 is 5.97 Å². The molecule has 1 atom stereocenters. The number of amides is 1. The Bertz CT molecular complexity index is 3140. The van der Waals surface area contributed by atoms with E-state index >= 15 is 0 Å². The van der Waals surface area contributed by atoms with Crippen LogP contribution in [0.25, 0.3) is 22.0 Å². The summed E-state index contributed by atoms with van der Waals surface area (Å²) in [6, 6.07) is 45.7. The van der Waals surface area contributed by atoms with Crippen LogP contribution in [0, 0.1) is 0 Å². The van der Waals surface area contributed by atoms with Gasteiger partial charge in [-0.05, 0) is 64.2 Å². The van der Waals surface area contributed by atoms with E-state index in [0.717, 1.165) is 22.1 Å². The van der Waals surface area contributed by atoms with Crippen molar-refractivity contribution in [2.24, 2.45) is 12.8 Å². The van der Waals surface area contributed by atoms with Crippen LogP contribution in [0.1, 0.15) is 32.7 Å². The molecule has 0 saturated heterocycles. The molecular formula is C49H47N9O7S2. The molecule has 0 unspecified atom stereocenters. The number of imidazole rings is 1. The Morgan fingerprint density at radius 3 is 1.79 bits per heavy atom. The molecule has 0 aliphatic heterocycles. The van der Waals surface area contributed by atoms with Gasteiger partial charge in [-0.3, -0.25) is 18.8 Å². The molecule has 8 aromatic rings. The molecule has 2 heterocycles. The number of carbonyl (C=O) groups excluding carboxylic acids is 1. The molecule has 0 aliphatic carbocycles. The highest BCUT2D eigenvalue weighted by Crippen LogP contribution is 2.42. The van der Waals surface area contributed by atoms with Gasteiger partial charge in [0.1, 0.15) is 11.6 Å². The smallest absolute Gasteiger partial charge is 0.323 e. The molecule has 18 heteroatoms. The largest absolute Gasteiger partial charge is 0.480 e. The van der Waals surface area contributed by atoms with Crippen LogP contribution in [0.5, 0.6) is 0 Å². The first kappa shape index (κ1) is 46.1. The fourth-order valence-electron chi connectivity index (χ4n) is 8.09. The van der Waals surface area contributed by atoms with E-state index in [1.807, 2.05) is 60.8 Å². The lowest BCUT2D eigenvalue weighted by Crippen LogP contribution is -2.48. The van der Waals surface area contributed by atoms with Gasteiger partial charge in [0.05, 0.1) is 27.5 Å².